The second kappa shape index (κ2) is 6.47. The molecule has 2 aromatic heterocycles. The number of H-pyrrole nitrogens is 1. The zero-order valence-electron chi connectivity index (χ0n) is 12.6. The number of aromatic nitrogens is 3. The summed E-state index contributed by atoms with van der Waals surface area (Å²) in [6, 6.07) is 0. The molecule has 0 radical (unpaired) electrons. The van der Waals surface area contributed by atoms with Crippen LogP contribution in [0, 0.1) is 13.8 Å². The molecule has 0 atom stereocenters. The Hall–Kier alpha value is -1.25. The van der Waals surface area contributed by atoms with E-state index >= 15 is 0 Å². The summed E-state index contributed by atoms with van der Waals surface area (Å²) in [6.45, 7) is 7.95. The SMILES string of the molecule is Cc1nc(CN2CCN(C(=O)c3n[nH]c(C)c3Br)CC2)cs1. The van der Waals surface area contributed by atoms with Crippen LogP contribution in [0.25, 0.3) is 0 Å². The van der Waals surface area contributed by atoms with E-state index in [0.29, 0.717) is 5.69 Å². The third kappa shape index (κ3) is 3.23. The van der Waals surface area contributed by atoms with Crippen molar-refractivity contribution in [3.8, 4) is 0 Å². The number of hydrogen-bond donors (Lipinski definition) is 1. The maximum atomic E-state index is 12.5. The first-order valence-electron chi connectivity index (χ1n) is 7.17. The molecule has 0 bridgehead atoms. The number of amides is 1. The smallest absolute Gasteiger partial charge is 0.275 e. The van der Waals surface area contributed by atoms with Crippen molar-refractivity contribution in [1.29, 1.82) is 0 Å². The zero-order chi connectivity index (χ0) is 15.7. The number of aromatic amines is 1. The number of thiazole rings is 1. The van der Waals surface area contributed by atoms with Crippen molar-refractivity contribution in [3.05, 3.63) is 31.9 Å². The van der Waals surface area contributed by atoms with Crippen LogP contribution in [0.3, 0.4) is 0 Å². The molecule has 1 N–H and O–H groups in total. The molecule has 3 heterocycles. The number of carbonyl (C=O) groups excluding carboxylic acids is 1. The van der Waals surface area contributed by atoms with E-state index in [2.05, 4.69) is 41.4 Å². The molecule has 1 saturated heterocycles. The highest BCUT2D eigenvalue weighted by molar-refractivity contribution is 9.10. The van der Waals surface area contributed by atoms with Gasteiger partial charge < -0.3 is 4.90 Å². The average molecular weight is 384 g/mol. The number of piperazine rings is 1. The number of hydrogen-bond acceptors (Lipinski definition) is 5. The molecule has 1 fully saturated rings. The molecule has 1 amide bonds. The van der Waals surface area contributed by atoms with Gasteiger partial charge in [-0.3, -0.25) is 14.8 Å². The molecule has 1 aliphatic rings. The molecule has 1 aliphatic heterocycles. The quantitative estimate of drug-likeness (QED) is 0.881. The van der Waals surface area contributed by atoms with Gasteiger partial charge in [0.05, 0.1) is 15.2 Å². The van der Waals surface area contributed by atoms with E-state index in [-0.39, 0.29) is 5.91 Å². The molecule has 8 heteroatoms. The van der Waals surface area contributed by atoms with Gasteiger partial charge in [-0.2, -0.15) is 5.10 Å². The van der Waals surface area contributed by atoms with E-state index in [9.17, 15) is 4.79 Å². The van der Waals surface area contributed by atoms with Crippen LogP contribution in [-0.2, 0) is 6.54 Å². The largest absolute Gasteiger partial charge is 0.335 e. The number of carbonyl (C=O) groups is 1. The minimum atomic E-state index is -0.0135. The van der Waals surface area contributed by atoms with Crippen LogP contribution in [0.5, 0.6) is 0 Å². The standard InChI is InChI=1S/C14H18BrN5OS/c1-9-12(15)13(18-17-9)14(21)20-5-3-19(4-6-20)7-11-8-22-10(2)16-11/h8H,3-7H2,1-2H3,(H,17,18). The predicted molar refractivity (Wildman–Crippen MR) is 89.1 cm³/mol. The fourth-order valence-electron chi connectivity index (χ4n) is 2.53. The first kappa shape index (κ1) is 15.6. The summed E-state index contributed by atoms with van der Waals surface area (Å²) in [4.78, 5) is 21.2. The van der Waals surface area contributed by atoms with Crippen molar-refractivity contribution in [2.24, 2.45) is 0 Å². The monoisotopic (exact) mass is 383 g/mol. The van der Waals surface area contributed by atoms with Crippen molar-refractivity contribution in [2.45, 2.75) is 20.4 Å². The third-order valence-corrected chi connectivity index (χ3v) is 5.58. The highest BCUT2D eigenvalue weighted by Gasteiger charge is 2.26. The van der Waals surface area contributed by atoms with E-state index in [0.717, 1.165) is 53.6 Å². The minimum Gasteiger partial charge on any atom is -0.335 e. The Morgan fingerprint density at radius 2 is 2.09 bits per heavy atom. The van der Waals surface area contributed by atoms with Crippen LogP contribution >= 0.6 is 27.3 Å². The molecular formula is C14H18BrN5OS. The number of nitrogens with zero attached hydrogens (tertiary/aromatic N) is 4. The molecule has 3 rings (SSSR count). The lowest BCUT2D eigenvalue weighted by atomic mass is 10.2. The molecule has 0 spiro atoms. The van der Waals surface area contributed by atoms with Crippen LogP contribution in [-0.4, -0.2) is 57.1 Å². The van der Waals surface area contributed by atoms with E-state index in [1.165, 1.54) is 0 Å². The predicted octanol–water partition coefficient (Wildman–Crippen LogP) is 2.20. The second-order valence-corrected chi connectivity index (χ2v) is 7.29. The number of halogens is 1. The van der Waals surface area contributed by atoms with Gasteiger partial charge in [-0.25, -0.2) is 4.98 Å². The first-order valence-corrected chi connectivity index (χ1v) is 8.85. The topological polar surface area (TPSA) is 65.1 Å². The highest BCUT2D eigenvalue weighted by Crippen LogP contribution is 2.20. The van der Waals surface area contributed by atoms with Crippen LogP contribution in [0.15, 0.2) is 9.85 Å². The van der Waals surface area contributed by atoms with Gasteiger partial charge in [0, 0.05) is 43.8 Å². The zero-order valence-corrected chi connectivity index (χ0v) is 15.0. The van der Waals surface area contributed by atoms with E-state index in [1.807, 2.05) is 18.7 Å². The Kier molecular flexibility index (Phi) is 4.60. The van der Waals surface area contributed by atoms with Crippen molar-refractivity contribution < 1.29 is 4.79 Å². The summed E-state index contributed by atoms with van der Waals surface area (Å²) in [5, 5.41) is 10.1. The molecule has 0 saturated carbocycles. The normalized spacial score (nSPS) is 16.2. The Bertz CT molecular complexity index is 675. The molecule has 0 aliphatic carbocycles. The lowest BCUT2D eigenvalue weighted by Gasteiger charge is -2.34. The summed E-state index contributed by atoms with van der Waals surface area (Å²) < 4.78 is 0.762. The molecule has 2 aromatic rings. The summed E-state index contributed by atoms with van der Waals surface area (Å²) in [5.74, 6) is -0.0135. The van der Waals surface area contributed by atoms with E-state index in [4.69, 9.17) is 0 Å². The van der Waals surface area contributed by atoms with Gasteiger partial charge in [-0.15, -0.1) is 11.3 Å². The molecule has 118 valence electrons. The molecule has 22 heavy (non-hydrogen) atoms. The minimum absolute atomic E-state index is 0.0135. The van der Waals surface area contributed by atoms with E-state index in [1.54, 1.807) is 11.3 Å². The number of nitrogens with one attached hydrogen (secondary N) is 1. The Labute approximate surface area is 141 Å². The Morgan fingerprint density at radius 1 is 1.36 bits per heavy atom. The molecular weight excluding hydrogens is 366 g/mol. The molecule has 6 nitrogen and oxygen atoms in total. The summed E-state index contributed by atoms with van der Waals surface area (Å²) >= 11 is 5.10. The Morgan fingerprint density at radius 3 is 2.64 bits per heavy atom. The summed E-state index contributed by atoms with van der Waals surface area (Å²) in [6.07, 6.45) is 0. The fraction of sp³-hybridized carbons (Fsp3) is 0.500. The van der Waals surface area contributed by atoms with Gasteiger partial charge in [-0.05, 0) is 29.8 Å². The number of aryl methyl sites for hydroxylation is 2. The van der Waals surface area contributed by atoms with Crippen molar-refractivity contribution >= 4 is 33.2 Å². The van der Waals surface area contributed by atoms with Crippen molar-refractivity contribution in [3.63, 3.8) is 0 Å². The second-order valence-electron chi connectivity index (χ2n) is 5.44. The maximum Gasteiger partial charge on any atom is 0.275 e. The van der Waals surface area contributed by atoms with Crippen LogP contribution in [0.1, 0.15) is 26.9 Å². The molecule has 0 aromatic carbocycles. The van der Waals surface area contributed by atoms with Gasteiger partial charge >= 0.3 is 0 Å². The van der Waals surface area contributed by atoms with Gasteiger partial charge in [0.25, 0.3) is 5.91 Å². The third-order valence-electron chi connectivity index (χ3n) is 3.79. The van der Waals surface area contributed by atoms with Crippen LogP contribution in [0.2, 0.25) is 0 Å². The Balaban J connectivity index is 1.57. The van der Waals surface area contributed by atoms with Gasteiger partial charge in [0.2, 0.25) is 0 Å². The van der Waals surface area contributed by atoms with Gasteiger partial charge in [0.1, 0.15) is 0 Å². The average Bonchev–Trinajstić information content (AvgIpc) is 3.06. The summed E-state index contributed by atoms with van der Waals surface area (Å²) in [5.41, 5.74) is 2.47. The summed E-state index contributed by atoms with van der Waals surface area (Å²) in [7, 11) is 0. The van der Waals surface area contributed by atoms with Crippen molar-refractivity contribution in [1.82, 2.24) is 25.0 Å². The van der Waals surface area contributed by atoms with Crippen LogP contribution in [0.4, 0.5) is 0 Å². The lowest BCUT2D eigenvalue weighted by molar-refractivity contribution is 0.0620. The fourth-order valence-corrected chi connectivity index (χ4v) is 3.48. The lowest BCUT2D eigenvalue weighted by Crippen LogP contribution is -2.48. The maximum absolute atomic E-state index is 12.5. The number of rotatable bonds is 3. The van der Waals surface area contributed by atoms with E-state index < -0.39 is 0 Å². The van der Waals surface area contributed by atoms with Crippen molar-refractivity contribution in [2.75, 3.05) is 26.2 Å². The van der Waals surface area contributed by atoms with Crippen LogP contribution < -0.4 is 0 Å². The highest BCUT2D eigenvalue weighted by atomic mass is 79.9. The first-order chi connectivity index (χ1) is 10.5. The molecule has 0 unspecified atom stereocenters. The van der Waals surface area contributed by atoms with Gasteiger partial charge in [0.15, 0.2) is 5.69 Å². The van der Waals surface area contributed by atoms with Gasteiger partial charge in [-0.1, -0.05) is 0 Å².